The number of carbonyl (C=O) groups is 1. The number of nitrogen functional groups attached to an aromatic ring is 1. The Morgan fingerprint density at radius 2 is 2.33 bits per heavy atom. The van der Waals surface area contributed by atoms with E-state index in [4.69, 9.17) is 5.73 Å². The lowest BCUT2D eigenvalue weighted by molar-refractivity contribution is 0.0956. The van der Waals surface area contributed by atoms with Crippen molar-refractivity contribution in [2.45, 2.75) is 13.3 Å². The fraction of sp³-hybridized carbons (Fsp3) is 0.200. The largest absolute Gasteiger partial charge is 0.399 e. The summed E-state index contributed by atoms with van der Waals surface area (Å²) < 4.78 is 0. The van der Waals surface area contributed by atoms with Gasteiger partial charge in [0.05, 0.1) is 16.3 Å². The van der Waals surface area contributed by atoms with E-state index >= 15 is 0 Å². The Balaban J connectivity index is 1.68. The zero-order valence-electron chi connectivity index (χ0n) is 11.6. The van der Waals surface area contributed by atoms with E-state index in [9.17, 15) is 4.79 Å². The van der Waals surface area contributed by atoms with Crippen LogP contribution in [0, 0.1) is 6.92 Å². The second kappa shape index (κ2) is 5.57. The average molecular weight is 300 g/mol. The minimum Gasteiger partial charge on any atom is -0.399 e. The zero-order chi connectivity index (χ0) is 14.8. The lowest BCUT2D eigenvalue weighted by Gasteiger charge is -2.03. The van der Waals surface area contributed by atoms with Crippen LogP contribution in [0.1, 0.15) is 21.1 Å². The second-order valence-corrected chi connectivity index (χ2v) is 5.93. The van der Waals surface area contributed by atoms with Crippen molar-refractivity contribution in [1.29, 1.82) is 0 Å². The van der Waals surface area contributed by atoms with E-state index in [1.54, 1.807) is 17.5 Å². The predicted octanol–water partition coefficient (Wildman–Crippen LogP) is 2.49. The molecule has 6 heteroatoms. The average Bonchev–Trinajstić information content (AvgIpc) is 3.04. The predicted molar refractivity (Wildman–Crippen MR) is 85.6 cm³/mol. The molecule has 0 bridgehead atoms. The quantitative estimate of drug-likeness (QED) is 0.647. The normalized spacial score (nSPS) is 10.9. The van der Waals surface area contributed by atoms with Gasteiger partial charge in [-0.05, 0) is 25.1 Å². The molecule has 0 saturated carbocycles. The topological polar surface area (TPSA) is 83.8 Å². The first-order valence-electron chi connectivity index (χ1n) is 6.69. The minimum atomic E-state index is -0.0983. The summed E-state index contributed by atoms with van der Waals surface area (Å²) in [5.74, 6) is -0.0983. The Kier molecular flexibility index (Phi) is 3.62. The molecular formula is C15H16N4OS. The number of fused-ring (bicyclic) bond motifs is 1. The SMILES string of the molecule is Cc1nc(CCNC(=O)c2c[nH]c3ccc(N)cc23)cs1. The molecule has 0 aliphatic rings. The van der Waals surface area contributed by atoms with E-state index < -0.39 is 0 Å². The third-order valence-corrected chi connectivity index (χ3v) is 4.11. The van der Waals surface area contributed by atoms with Crippen molar-refractivity contribution in [3.8, 4) is 0 Å². The van der Waals surface area contributed by atoms with Gasteiger partial charge in [-0.25, -0.2) is 4.98 Å². The third-order valence-electron chi connectivity index (χ3n) is 3.28. The van der Waals surface area contributed by atoms with Crippen LogP contribution >= 0.6 is 11.3 Å². The molecule has 0 fully saturated rings. The number of nitrogens with two attached hydrogens (primary N) is 1. The first kappa shape index (κ1) is 13.6. The molecule has 5 nitrogen and oxygen atoms in total. The van der Waals surface area contributed by atoms with Gasteiger partial charge in [0.25, 0.3) is 5.91 Å². The van der Waals surface area contributed by atoms with Crippen molar-refractivity contribution in [1.82, 2.24) is 15.3 Å². The van der Waals surface area contributed by atoms with Crippen LogP contribution in [0.2, 0.25) is 0 Å². The van der Waals surface area contributed by atoms with Gasteiger partial charge in [-0.2, -0.15) is 0 Å². The minimum absolute atomic E-state index is 0.0983. The Bertz CT molecular complexity index is 790. The molecule has 0 radical (unpaired) electrons. The first-order valence-corrected chi connectivity index (χ1v) is 7.57. The fourth-order valence-electron chi connectivity index (χ4n) is 2.25. The molecule has 0 unspecified atom stereocenters. The molecule has 0 aliphatic heterocycles. The van der Waals surface area contributed by atoms with Crippen LogP contribution in [0.3, 0.4) is 0 Å². The monoisotopic (exact) mass is 300 g/mol. The molecule has 108 valence electrons. The van der Waals surface area contributed by atoms with Gasteiger partial charge in [0.1, 0.15) is 0 Å². The Hall–Kier alpha value is -2.34. The fourth-order valence-corrected chi connectivity index (χ4v) is 2.90. The number of H-pyrrole nitrogens is 1. The van der Waals surface area contributed by atoms with Crippen LogP contribution in [-0.2, 0) is 6.42 Å². The van der Waals surface area contributed by atoms with Crippen LogP contribution in [0.4, 0.5) is 5.69 Å². The van der Waals surface area contributed by atoms with Crippen LogP contribution in [-0.4, -0.2) is 22.4 Å². The number of thiazole rings is 1. The number of rotatable bonds is 4. The van der Waals surface area contributed by atoms with Crippen LogP contribution in [0.15, 0.2) is 29.8 Å². The molecule has 21 heavy (non-hydrogen) atoms. The number of nitrogens with one attached hydrogen (secondary N) is 2. The second-order valence-electron chi connectivity index (χ2n) is 4.87. The number of nitrogens with zero attached hydrogens (tertiary/aromatic N) is 1. The van der Waals surface area contributed by atoms with Crippen LogP contribution in [0.5, 0.6) is 0 Å². The highest BCUT2D eigenvalue weighted by Gasteiger charge is 2.11. The molecular weight excluding hydrogens is 284 g/mol. The van der Waals surface area contributed by atoms with Crippen LogP contribution in [0.25, 0.3) is 10.9 Å². The van der Waals surface area contributed by atoms with E-state index in [2.05, 4.69) is 15.3 Å². The van der Waals surface area contributed by atoms with Crippen LogP contribution < -0.4 is 11.1 Å². The highest BCUT2D eigenvalue weighted by atomic mass is 32.1. The van der Waals surface area contributed by atoms with Crippen molar-refractivity contribution < 1.29 is 4.79 Å². The summed E-state index contributed by atoms with van der Waals surface area (Å²) in [4.78, 5) is 19.7. The molecule has 1 amide bonds. The van der Waals surface area contributed by atoms with E-state index in [-0.39, 0.29) is 5.91 Å². The first-order chi connectivity index (χ1) is 10.1. The molecule has 0 spiro atoms. The maximum Gasteiger partial charge on any atom is 0.253 e. The van der Waals surface area contributed by atoms with Crippen molar-refractivity contribution in [3.05, 3.63) is 46.0 Å². The van der Waals surface area contributed by atoms with Gasteiger partial charge in [0.15, 0.2) is 0 Å². The summed E-state index contributed by atoms with van der Waals surface area (Å²) in [6, 6.07) is 5.50. The standard InChI is InChI=1S/C15H16N4OS/c1-9-19-11(8-21-9)4-5-17-15(20)13-7-18-14-3-2-10(16)6-12(13)14/h2-3,6-8,18H,4-5,16H2,1H3,(H,17,20). The summed E-state index contributed by atoms with van der Waals surface area (Å²) in [6.07, 6.45) is 2.45. The van der Waals surface area contributed by atoms with Gasteiger partial charge in [0, 0.05) is 41.1 Å². The highest BCUT2D eigenvalue weighted by molar-refractivity contribution is 7.09. The Morgan fingerprint density at radius 1 is 1.48 bits per heavy atom. The van der Waals surface area contributed by atoms with E-state index in [0.717, 1.165) is 28.0 Å². The lowest BCUT2D eigenvalue weighted by Crippen LogP contribution is -2.25. The summed E-state index contributed by atoms with van der Waals surface area (Å²) in [7, 11) is 0. The number of hydrogen-bond acceptors (Lipinski definition) is 4. The van der Waals surface area contributed by atoms with Gasteiger partial charge < -0.3 is 16.0 Å². The smallest absolute Gasteiger partial charge is 0.253 e. The van der Waals surface area contributed by atoms with E-state index in [0.29, 0.717) is 17.8 Å². The van der Waals surface area contributed by atoms with Crippen molar-refractivity contribution >= 4 is 33.8 Å². The Morgan fingerprint density at radius 3 is 3.10 bits per heavy atom. The maximum atomic E-state index is 12.2. The number of amides is 1. The summed E-state index contributed by atoms with van der Waals surface area (Å²) in [5.41, 5.74) is 8.96. The van der Waals surface area contributed by atoms with Gasteiger partial charge in [-0.1, -0.05) is 0 Å². The van der Waals surface area contributed by atoms with E-state index in [1.165, 1.54) is 0 Å². The molecule has 3 rings (SSSR count). The van der Waals surface area contributed by atoms with Crippen molar-refractivity contribution in [2.75, 3.05) is 12.3 Å². The summed E-state index contributed by atoms with van der Waals surface area (Å²) >= 11 is 1.62. The van der Waals surface area contributed by atoms with Gasteiger partial charge in [-0.15, -0.1) is 11.3 Å². The van der Waals surface area contributed by atoms with Gasteiger partial charge >= 0.3 is 0 Å². The van der Waals surface area contributed by atoms with E-state index in [1.807, 2.05) is 30.5 Å². The lowest BCUT2D eigenvalue weighted by atomic mass is 10.1. The number of benzene rings is 1. The molecule has 2 aromatic heterocycles. The summed E-state index contributed by atoms with van der Waals surface area (Å²) in [5, 5.41) is 6.83. The number of aromatic nitrogens is 2. The number of carbonyl (C=O) groups excluding carboxylic acids is 1. The zero-order valence-corrected chi connectivity index (χ0v) is 12.5. The number of aryl methyl sites for hydroxylation is 1. The maximum absolute atomic E-state index is 12.2. The van der Waals surface area contributed by atoms with Gasteiger partial charge in [-0.3, -0.25) is 4.79 Å². The molecule has 3 aromatic rings. The number of aromatic amines is 1. The molecule has 0 aliphatic carbocycles. The highest BCUT2D eigenvalue weighted by Crippen LogP contribution is 2.20. The van der Waals surface area contributed by atoms with Crippen molar-refractivity contribution in [3.63, 3.8) is 0 Å². The van der Waals surface area contributed by atoms with Gasteiger partial charge in [0.2, 0.25) is 0 Å². The Labute approximate surface area is 126 Å². The summed E-state index contributed by atoms with van der Waals surface area (Å²) in [6.45, 7) is 2.54. The molecule has 0 saturated heterocycles. The third kappa shape index (κ3) is 2.90. The molecule has 1 aromatic carbocycles. The molecule has 4 N–H and O–H groups in total. The number of anilines is 1. The molecule has 2 heterocycles. The number of hydrogen-bond donors (Lipinski definition) is 3. The van der Waals surface area contributed by atoms with Crippen molar-refractivity contribution in [2.24, 2.45) is 0 Å². The molecule has 0 atom stereocenters.